The van der Waals surface area contributed by atoms with Crippen molar-refractivity contribution in [1.82, 2.24) is 10.6 Å². The van der Waals surface area contributed by atoms with Crippen molar-refractivity contribution in [2.24, 2.45) is 5.92 Å². The zero-order valence-corrected chi connectivity index (χ0v) is 12.9. The molecule has 3 nitrogen and oxygen atoms in total. The Balaban J connectivity index is 1.56. The second kappa shape index (κ2) is 6.72. The molecule has 1 aromatic heterocycles. The Bertz CT molecular complexity index is 440. The van der Waals surface area contributed by atoms with E-state index in [1.54, 1.807) is 11.3 Å². The van der Waals surface area contributed by atoms with Crippen LogP contribution in [0.5, 0.6) is 0 Å². The fourth-order valence-electron chi connectivity index (χ4n) is 3.19. The van der Waals surface area contributed by atoms with E-state index in [4.69, 9.17) is 0 Å². The first-order valence-electron chi connectivity index (χ1n) is 7.93. The molecular weight excluding hydrogens is 268 g/mol. The van der Waals surface area contributed by atoms with Crippen LogP contribution in [0, 0.1) is 5.92 Å². The molecule has 0 saturated carbocycles. The van der Waals surface area contributed by atoms with Gasteiger partial charge < -0.3 is 10.6 Å². The predicted molar refractivity (Wildman–Crippen MR) is 83.5 cm³/mol. The average molecular weight is 292 g/mol. The van der Waals surface area contributed by atoms with Gasteiger partial charge in [0, 0.05) is 11.4 Å². The maximum Gasteiger partial charge on any atom is 0.261 e. The Hall–Kier alpha value is -0.870. The summed E-state index contributed by atoms with van der Waals surface area (Å²) in [7, 11) is 0. The summed E-state index contributed by atoms with van der Waals surface area (Å²) in [6.45, 7) is 3.02. The average Bonchev–Trinajstić information content (AvgIpc) is 2.77. The predicted octanol–water partition coefficient (Wildman–Crippen LogP) is 2.75. The van der Waals surface area contributed by atoms with E-state index < -0.39 is 0 Å². The highest BCUT2D eigenvalue weighted by atomic mass is 32.1. The zero-order chi connectivity index (χ0) is 13.8. The van der Waals surface area contributed by atoms with Crippen LogP contribution in [-0.4, -0.2) is 25.5 Å². The lowest BCUT2D eigenvalue weighted by molar-refractivity contribution is 0.0948. The van der Waals surface area contributed by atoms with Crippen molar-refractivity contribution < 1.29 is 4.79 Å². The summed E-state index contributed by atoms with van der Waals surface area (Å²) in [5.41, 5.74) is 1.43. The second-order valence-electron chi connectivity index (χ2n) is 6.02. The van der Waals surface area contributed by atoms with Gasteiger partial charge in [0.1, 0.15) is 0 Å². The molecule has 2 N–H and O–H groups in total. The van der Waals surface area contributed by atoms with Gasteiger partial charge in [-0.25, -0.2) is 0 Å². The van der Waals surface area contributed by atoms with Gasteiger partial charge in [-0.15, -0.1) is 11.3 Å². The highest BCUT2D eigenvalue weighted by molar-refractivity contribution is 7.14. The summed E-state index contributed by atoms with van der Waals surface area (Å²) in [4.78, 5) is 14.7. The molecule has 2 aliphatic rings. The highest BCUT2D eigenvalue weighted by Crippen LogP contribution is 2.29. The second-order valence-corrected chi connectivity index (χ2v) is 7.16. The Morgan fingerprint density at radius 3 is 2.90 bits per heavy atom. The Labute approximate surface area is 125 Å². The summed E-state index contributed by atoms with van der Waals surface area (Å²) in [6.07, 6.45) is 8.58. The number of amides is 1. The molecule has 0 radical (unpaired) electrons. The van der Waals surface area contributed by atoms with Crippen molar-refractivity contribution in [2.45, 2.75) is 44.9 Å². The van der Waals surface area contributed by atoms with Crippen LogP contribution in [0.15, 0.2) is 6.07 Å². The normalized spacial score (nSPS) is 20.2. The van der Waals surface area contributed by atoms with Gasteiger partial charge in [-0.3, -0.25) is 4.79 Å². The summed E-state index contributed by atoms with van der Waals surface area (Å²) in [6, 6.07) is 2.14. The maximum absolute atomic E-state index is 12.3. The van der Waals surface area contributed by atoms with Gasteiger partial charge in [-0.2, -0.15) is 0 Å². The molecule has 1 amide bonds. The number of hydrogen-bond acceptors (Lipinski definition) is 3. The maximum atomic E-state index is 12.3. The molecule has 1 fully saturated rings. The zero-order valence-electron chi connectivity index (χ0n) is 12.0. The molecule has 3 rings (SSSR count). The van der Waals surface area contributed by atoms with Crippen LogP contribution in [0.3, 0.4) is 0 Å². The summed E-state index contributed by atoms with van der Waals surface area (Å²) >= 11 is 1.72. The lowest BCUT2D eigenvalue weighted by Crippen LogP contribution is -2.35. The molecule has 1 aliphatic carbocycles. The first-order valence-corrected chi connectivity index (χ1v) is 8.75. The van der Waals surface area contributed by atoms with Crippen LogP contribution in [0.1, 0.15) is 52.2 Å². The molecule has 0 atom stereocenters. The molecular formula is C16H24N2OS. The van der Waals surface area contributed by atoms with Gasteiger partial charge in [-0.1, -0.05) is 6.42 Å². The van der Waals surface area contributed by atoms with Crippen molar-refractivity contribution in [3.8, 4) is 0 Å². The Morgan fingerprint density at radius 1 is 1.25 bits per heavy atom. The van der Waals surface area contributed by atoms with E-state index in [9.17, 15) is 4.79 Å². The molecule has 1 aromatic rings. The minimum absolute atomic E-state index is 0.140. The van der Waals surface area contributed by atoms with Crippen molar-refractivity contribution >= 4 is 17.2 Å². The number of fused-ring (bicyclic) bond motifs is 1. The first kappa shape index (κ1) is 14.1. The lowest BCUT2D eigenvalue weighted by Gasteiger charge is -2.22. The molecule has 0 aromatic carbocycles. The van der Waals surface area contributed by atoms with Gasteiger partial charge >= 0.3 is 0 Å². The molecule has 110 valence electrons. The van der Waals surface area contributed by atoms with E-state index in [-0.39, 0.29) is 5.91 Å². The van der Waals surface area contributed by atoms with Crippen LogP contribution in [0.4, 0.5) is 0 Å². The number of carbonyl (C=O) groups excluding carboxylic acids is 1. The third kappa shape index (κ3) is 3.41. The third-order valence-electron chi connectivity index (χ3n) is 4.48. The number of nitrogens with one attached hydrogen (secondary N) is 2. The minimum Gasteiger partial charge on any atom is -0.351 e. The first-order chi connectivity index (χ1) is 9.83. The SMILES string of the molecule is O=C(NCC1CCNCC1)c1cc2c(s1)CCCCC2. The molecule has 0 bridgehead atoms. The van der Waals surface area contributed by atoms with Gasteiger partial charge in [0.2, 0.25) is 0 Å². The van der Waals surface area contributed by atoms with Crippen LogP contribution >= 0.6 is 11.3 Å². The Kier molecular flexibility index (Phi) is 4.73. The molecule has 0 spiro atoms. The number of aryl methyl sites for hydroxylation is 2. The summed E-state index contributed by atoms with van der Waals surface area (Å²) < 4.78 is 0. The summed E-state index contributed by atoms with van der Waals surface area (Å²) in [5.74, 6) is 0.791. The molecule has 20 heavy (non-hydrogen) atoms. The van der Waals surface area contributed by atoms with Crippen molar-refractivity contribution in [2.75, 3.05) is 19.6 Å². The van der Waals surface area contributed by atoms with Crippen LogP contribution in [0.2, 0.25) is 0 Å². The quantitative estimate of drug-likeness (QED) is 0.841. The van der Waals surface area contributed by atoms with Gasteiger partial charge in [0.05, 0.1) is 4.88 Å². The minimum atomic E-state index is 0.140. The van der Waals surface area contributed by atoms with Gasteiger partial charge in [-0.05, 0) is 69.2 Å². The number of carbonyl (C=O) groups is 1. The number of rotatable bonds is 3. The number of piperidine rings is 1. The van der Waals surface area contributed by atoms with Gasteiger partial charge in [0.15, 0.2) is 0 Å². The van der Waals surface area contributed by atoms with E-state index >= 15 is 0 Å². The van der Waals surface area contributed by atoms with Crippen molar-refractivity contribution in [3.05, 3.63) is 21.4 Å². The largest absolute Gasteiger partial charge is 0.351 e. The lowest BCUT2D eigenvalue weighted by atomic mass is 9.98. The van der Waals surface area contributed by atoms with Crippen molar-refractivity contribution in [3.63, 3.8) is 0 Å². The molecule has 1 saturated heterocycles. The van der Waals surface area contributed by atoms with E-state index in [1.165, 1.54) is 49.0 Å². The van der Waals surface area contributed by atoms with E-state index in [0.717, 1.165) is 30.9 Å². The molecule has 4 heteroatoms. The highest BCUT2D eigenvalue weighted by Gasteiger charge is 2.18. The Morgan fingerprint density at radius 2 is 2.05 bits per heavy atom. The third-order valence-corrected chi connectivity index (χ3v) is 5.72. The number of hydrogen-bond donors (Lipinski definition) is 2. The standard InChI is InChI=1S/C16H24N2OS/c19-16(18-11-12-6-8-17-9-7-12)15-10-13-4-2-1-3-5-14(13)20-15/h10,12,17H,1-9,11H2,(H,18,19). The van der Waals surface area contributed by atoms with E-state index in [0.29, 0.717) is 5.92 Å². The van der Waals surface area contributed by atoms with Gasteiger partial charge in [0.25, 0.3) is 5.91 Å². The van der Waals surface area contributed by atoms with Crippen LogP contribution in [-0.2, 0) is 12.8 Å². The molecule has 0 unspecified atom stereocenters. The summed E-state index contributed by atoms with van der Waals surface area (Å²) in [5, 5.41) is 6.50. The van der Waals surface area contributed by atoms with Crippen LogP contribution in [0.25, 0.3) is 0 Å². The van der Waals surface area contributed by atoms with E-state index in [2.05, 4.69) is 16.7 Å². The smallest absolute Gasteiger partial charge is 0.261 e. The fraction of sp³-hybridized carbons (Fsp3) is 0.688. The monoisotopic (exact) mass is 292 g/mol. The topological polar surface area (TPSA) is 41.1 Å². The number of thiophene rings is 1. The van der Waals surface area contributed by atoms with Crippen LogP contribution < -0.4 is 10.6 Å². The van der Waals surface area contributed by atoms with E-state index in [1.807, 2.05) is 0 Å². The van der Waals surface area contributed by atoms with Crippen molar-refractivity contribution in [1.29, 1.82) is 0 Å². The fourth-order valence-corrected chi connectivity index (χ4v) is 4.36. The molecule has 2 heterocycles. The molecule has 1 aliphatic heterocycles.